The number of nitrogens with zero attached hydrogens (tertiary/aromatic N) is 2. The largest absolute Gasteiger partial charge is 0.379 e. The molecule has 1 aromatic carbocycles. The van der Waals surface area contributed by atoms with Gasteiger partial charge in [-0.25, -0.2) is 4.39 Å². The van der Waals surface area contributed by atoms with Crippen molar-refractivity contribution in [1.29, 1.82) is 0 Å². The van der Waals surface area contributed by atoms with Crippen LogP contribution in [0.3, 0.4) is 0 Å². The second kappa shape index (κ2) is 15.1. The average Bonchev–Trinajstić information content (AvgIpc) is 2.70. The Hall–Kier alpha value is -0.840. The van der Waals surface area contributed by atoms with Crippen molar-refractivity contribution < 1.29 is 9.13 Å². The van der Waals surface area contributed by atoms with Crippen LogP contribution in [0.25, 0.3) is 0 Å². The van der Waals surface area contributed by atoms with E-state index in [0.717, 1.165) is 62.4 Å². The highest BCUT2D eigenvalue weighted by Crippen LogP contribution is 2.22. The number of rotatable bonds is 10. The van der Waals surface area contributed by atoms with E-state index in [1.807, 2.05) is 30.0 Å². The monoisotopic (exact) mass is 522 g/mol. The fourth-order valence-electron chi connectivity index (χ4n) is 2.93. The number of thioether (sulfide) groups is 1. The van der Waals surface area contributed by atoms with Crippen LogP contribution in [0.5, 0.6) is 0 Å². The van der Waals surface area contributed by atoms with Crippen molar-refractivity contribution in [3.8, 4) is 0 Å². The van der Waals surface area contributed by atoms with Gasteiger partial charge >= 0.3 is 0 Å². The summed E-state index contributed by atoms with van der Waals surface area (Å²) in [5.74, 6) is 2.56. The minimum absolute atomic E-state index is 0. The maximum atomic E-state index is 13.3. The number of hydrogen-bond acceptors (Lipinski definition) is 4. The highest BCUT2D eigenvalue weighted by molar-refractivity contribution is 14.0. The van der Waals surface area contributed by atoms with Gasteiger partial charge in [0.15, 0.2) is 5.96 Å². The van der Waals surface area contributed by atoms with Crippen LogP contribution in [-0.4, -0.2) is 68.3 Å². The van der Waals surface area contributed by atoms with Gasteiger partial charge in [-0.1, -0.05) is 18.2 Å². The Kier molecular flexibility index (Phi) is 13.6. The van der Waals surface area contributed by atoms with Crippen molar-refractivity contribution in [2.24, 2.45) is 4.99 Å². The summed E-state index contributed by atoms with van der Waals surface area (Å²) in [7, 11) is 0. The lowest BCUT2D eigenvalue weighted by Gasteiger charge is -2.34. The third kappa shape index (κ3) is 9.11. The van der Waals surface area contributed by atoms with Gasteiger partial charge in [-0.3, -0.25) is 9.89 Å². The van der Waals surface area contributed by atoms with E-state index >= 15 is 0 Å². The summed E-state index contributed by atoms with van der Waals surface area (Å²) in [4.78, 5) is 7.16. The van der Waals surface area contributed by atoms with Crippen molar-refractivity contribution in [1.82, 2.24) is 15.5 Å². The first kappa shape index (κ1) is 25.2. The molecule has 8 heteroatoms. The Bertz CT molecular complexity index is 582. The van der Waals surface area contributed by atoms with Crippen LogP contribution in [0.2, 0.25) is 0 Å². The molecular weight excluding hydrogens is 490 g/mol. The molecule has 1 unspecified atom stereocenters. The van der Waals surface area contributed by atoms with E-state index < -0.39 is 0 Å². The van der Waals surface area contributed by atoms with Gasteiger partial charge in [0.05, 0.1) is 25.8 Å². The lowest BCUT2D eigenvalue weighted by Crippen LogP contribution is -2.42. The van der Waals surface area contributed by atoms with Gasteiger partial charge < -0.3 is 15.4 Å². The van der Waals surface area contributed by atoms with Crippen LogP contribution in [-0.2, 0) is 4.74 Å². The standard InChI is InChI=1S/C20H31FN4OS.HI/c1-3-14-27-15-9-23-20(22-4-2)24-16-19(25-10-12-26-13-11-25)17-5-7-18(21)8-6-17;/h3,5-8,19H,1,4,9-16H2,2H3,(H2,22,23,24);1H. The number of aliphatic imine (C=N–C) groups is 1. The molecule has 1 fully saturated rings. The zero-order valence-electron chi connectivity index (χ0n) is 16.5. The first-order chi connectivity index (χ1) is 13.2. The molecule has 158 valence electrons. The topological polar surface area (TPSA) is 48.9 Å². The summed E-state index contributed by atoms with van der Waals surface area (Å²) in [6.07, 6.45) is 1.92. The van der Waals surface area contributed by atoms with Crippen LogP contribution in [0.4, 0.5) is 4.39 Å². The van der Waals surface area contributed by atoms with E-state index in [0.29, 0.717) is 6.54 Å². The molecule has 0 spiro atoms. The number of guanidine groups is 1. The van der Waals surface area contributed by atoms with Gasteiger partial charge in [-0.2, -0.15) is 11.8 Å². The zero-order chi connectivity index (χ0) is 19.3. The second-order valence-electron chi connectivity index (χ2n) is 6.23. The molecule has 2 N–H and O–H groups in total. The fraction of sp³-hybridized carbons (Fsp3) is 0.550. The summed E-state index contributed by atoms with van der Waals surface area (Å²) in [6, 6.07) is 6.87. The molecule has 1 aliphatic heterocycles. The number of ether oxygens (including phenoxy) is 1. The minimum Gasteiger partial charge on any atom is -0.379 e. The quantitative estimate of drug-likeness (QED) is 0.163. The Morgan fingerprint density at radius 2 is 2.04 bits per heavy atom. The lowest BCUT2D eigenvalue weighted by molar-refractivity contribution is 0.0179. The highest BCUT2D eigenvalue weighted by Gasteiger charge is 2.22. The highest BCUT2D eigenvalue weighted by atomic mass is 127. The zero-order valence-corrected chi connectivity index (χ0v) is 19.7. The molecule has 0 radical (unpaired) electrons. The smallest absolute Gasteiger partial charge is 0.191 e. The number of hydrogen-bond donors (Lipinski definition) is 2. The van der Waals surface area contributed by atoms with Gasteiger partial charge in [0.25, 0.3) is 0 Å². The molecule has 28 heavy (non-hydrogen) atoms. The Balaban J connectivity index is 0.00000392. The maximum Gasteiger partial charge on any atom is 0.191 e. The van der Waals surface area contributed by atoms with Crippen LogP contribution >= 0.6 is 35.7 Å². The van der Waals surface area contributed by atoms with Gasteiger partial charge in [-0.15, -0.1) is 30.6 Å². The summed E-state index contributed by atoms with van der Waals surface area (Å²) in [6.45, 7) is 11.2. The normalized spacial score (nSPS) is 16.1. The van der Waals surface area contributed by atoms with E-state index in [2.05, 4.69) is 29.0 Å². The van der Waals surface area contributed by atoms with Crippen LogP contribution in [0.15, 0.2) is 41.9 Å². The first-order valence-corrected chi connectivity index (χ1v) is 10.7. The molecule has 1 heterocycles. The van der Waals surface area contributed by atoms with Gasteiger partial charge in [0, 0.05) is 37.7 Å². The molecule has 1 atom stereocenters. The van der Waals surface area contributed by atoms with E-state index in [4.69, 9.17) is 9.73 Å². The summed E-state index contributed by atoms with van der Waals surface area (Å²) < 4.78 is 18.8. The fourth-order valence-corrected chi connectivity index (χ4v) is 3.51. The molecule has 0 aromatic heterocycles. The minimum atomic E-state index is -0.213. The molecule has 0 aliphatic carbocycles. The van der Waals surface area contributed by atoms with Crippen molar-refractivity contribution in [3.63, 3.8) is 0 Å². The van der Waals surface area contributed by atoms with Gasteiger partial charge in [0.1, 0.15) is 5.82 Å². The third-order valence-corrected chi connectivity index (χ3v) is 5.25. The van der Waals surface area contributed by atoms with E-state index in [-0.39, 0.29) is 35.8 Å². The number of nitrogens with one attached hydrogen (secondary N) is 2. The molecule has 1 aliphatic rings. The van der Waals surface area contributed by atoms with Crippen molar-refractivity contribution in [2.45, 2.75) is 13.0 Å². The third-order valence-electron chi connectivity index (χ3n) is 4.28. The number of morpholine rings is 1. The summed E-state index contributed by atoms with van der Waals surface area (Å²) in [5, 5.41) is 6.68. The second-order valence-corrected chi connectivity index (χ2v) is 7.38. The van der Waals surface area contributed by atoms with Crippen molar-refractivity contribution in [3.05, 3.63) is 48.3 Å². The molecule has 0 bridgehead atoms. The summed E-state index contributed by atoms with van der Waals surface area (Å²) >= 11 is 1.84. The van der Waals surface area contributed by atoms with Crippen LogP contribution in [0.1, 0.15) is 18.5 Å². The lowest BCUT2D eigenvalue weighted by atomic mass is 10.0. The van der Waals surface area contributed by atoms with E-state index in [1.54, 1.807) is 0 Å². The predicted molar refractivity (Wildman–Crippen MR) is 128 cm³/mol. The molecule has 1 aromatic rings. The predicted octanol–water partition coefficient (Wildman–Crippen LogP) is 3.29. The van der Waals surface area contributed by atoms with Crippen LogP contribution < -0.4 is 10.6 Å². The van der Waals surface area contributed by atoms with Crippen LogP contribution in [0, 0.1) is 5.82 Å². The van der Waals surface area contributed by atoms with E-state index in [1.165, 1.54) is 12.1 Å². The SMILES string of the molecule is C=CCSCCNC(=NCC(c1ccc(F)cc1)N1CCOCC1)NCC.I. The Morgan fingerprint density at radius 3 is 2.68 bits per heavy atom. The molecule has 1 saturated heterocycles. The van der Waals surface area contributed by atoms with Gasteiger partial charge in [-0.05, 0) is 24.6 Å². The molecule has 2 rings (SSSR count). The average molecular weight is 522 g/mol. The summed E-state index contributed by atoms with van der Waals surface area (Å²) in [5.41, 5.74) is 1.08. The molecule has 0 amide bonds. The molecule has 0 saturated carbocycles. The van der Waals surface area contributed by atoms with Crippen molar-refractivity contribution >= 4 is 41.7 Å². The number of benzene rings is 1. The Labute approximate surface area is 189 Å². The van der Waals surface area contributed by atoms with Crippen molar-refractivity contribution in [2.75, 3.05) is 57.4 Å². The first-order valence-electron chi connectivity index (χ1n) is 9.52. The molecular formula is C20H32FIN4OS. The number of halogens is 2. The maximum absolute atomic E-state index is 13.3. The van der Waals surface area contributed by atoms with E-state index in [9.17, 15) is 4.39 Å². The van der Waals surface area contributed by atoms with Gasteiger partial charge in [0.2, 0.25) is 0 Å². The Morgan fingerprint density at radius 1 is 1.32 bits per heavy atom. The molecule has 5 nitrogen and oxygen atoms in total.